The Labute approximate surface area is 90.4 Å². The monoisotopic (exact) mass is 223 g/mol. The van der Waals surface area contributed by atoms with Crippen molar-refractivity contribution in [2.24, 2.45) is 5.73 Å². The van der Waals surface area contributed by atoms with E-state index in [1.807, 2.05) is 0 Å². The van der Waals surface area contributed by atoms with E-state index in [-0.39, 0.29) is 17.5 Å². The van der Waals surface area contributed by atoms with Gasteiger partial charge in [-0.25, -0.2) is 4.98 Å². The van der Waals surface area contributed by atoms with Crippen LogP contribution in [0.1, 0.15) is 23.3 Å². The number of primary amides is 1. The molecule has 7 nitrogen and oxygen atoms in total. The first-order valence-corrected chi connectivity index (χ1v) is 4.69. The number of ether oxygens (including phenoxy) is 1. The van der Waals surface area contributed by atoms with Crippen LogP contribution < -0.4 is 10.5 Å². The van der Waals surface area contributed by atoms with Crippen LogP contribution in [0.5, 0.6) is 5.75 Å². The molecule has 1 aromatic heterocycles. The summed E-state index contributed by atoms with van der Waals surface area (Å²) in [6, 6.07) is 1.36. The molecule has 1 fully saturated rings. The first-order chi connectivity index (χ1) is 7.59. The Morgan fingerprint density at radius 3 is 2.81 bits per heavy atom. The third-order valence-electron chi connectivity index (χ3n) is 2.12. The van der Waals surface area contributed by atoms with Crippen molar-refractivity contribution in [2.45, 2.75) is 18.9 Å². The van der Waals surface area contributed by atoms with Gasteiger partial charge >= 0.3 is 5.69 Å². The maximum Gasteiger partial charge on any atom is 0.342 e. The number of aromatic nitrogens is 1. The summed E-state index contributed by atoms with van der Waals surface area (Å²) in [6.07, 6.45) is 3.00. The lowest BCUT2D eigenvalue weighted by atomic mass is 10.2. The molecule has 7 heteroatoms. The van der Waals surface area contributed by atoms with E-state index < -0.39 is 16.5 Å². The summed E-state index contributed by atoms with van der Waals surface area (Å²) in [7, 11) is 0. The van der Waals surface area contributed by atoms with Gasteiger partial charge in [0.1, 0.15) is 0 Å². The molecular weight excluding hydrogens is 214 g/mol. The Hall–Kier alpha value is -2.18. The van der Waals surface area contributed by atoms with Crippen molar-refractivity contribution in [1.82, 2.24) is 4.98 Å². The van der Waals surface area contributed by atoms with Crippen LogP contribution in [0.4, 0.5) is 5.69 Å². The second-order valence-electron chi connectivity index (χ2n) is 3.44. The van der Waals surface area contributed by atoms with Crippen LogP contribution >= 0.6 is 0 Å². The van der Waals surface area contributed by atoms with Crippen molar-refractivity contribution >= 4 is 11.6 Å². The molecule has 16 heavy (non-hydrogen) atoms. The number of nitrogens with two attached hydrogens (primary N) is 1. The molecule has 0 aliphatic heterocycles. The van der Waals surface area contributed by atoms with Gasteiger partial charge in [0, 0.05) is 12.3 Å². The van der Waals surface area contributed by atoms with Gasteiger partial charge in [0.25, 0.3) is 5.91 Å². The van der Waals surface area contributed by atoms with E-state index in [1.165, 1.54) is 12.3 Å². The highest BCUT2D eigenvalue weighted by Crippen LogP contribution is 2.34. The molecule has 0 radical (unpaired) electrons. The third-order valence-corrected chi connectivity index (χ3v) is 2.12. The number of nitro groups is 1. The average Bonchev–Trinajstić information content (AvgIpc) is 3.00. The van der Waals surface area contributed by atoms with Gasteiger partial charge in [0.15, 0.2) is 0 Å². The summed E-state index contributed by atoms with van der Waals surface area (Å²) in [5.74, 6) is -0.885. The van der Waals surface area contributed by atoms with Gasteiger partial charge in [-0.15, -0.1) is 0 Å². The molecule has 2 N–H and O–H groups in total. The highest BCUT2D eigenvalue weighted by Gasteiger charge is 2.31. The fraction of sp³-hybridized carbons (Fsp3) is 0.333. The number of carbonyl (C=O) groups is 1. The molecule has 1 aromatic rings. The second kappa shape index (κ2) is 3.76. The molecule has 84 valence electrons. The second-order valence-corrected chi connectivity index (χ2v) is 3.44. The summed E-state index contributed by atoms with van der Waals surface area (Å²) in [5.41, 5.74) is 4.18. The summed E-state index contributed by atoms with van der Waals surface area (Å²) < 4.78 is 5.32. The fourth-order valence-electron chi connectivity index (χ4n) is 1.25. The number of rotatable bonds is 4. The van der Waals surface area contributed by atoms with Crippen LogP contribution in [0.25, 0.3) is 0 Å². The van der Waals surface area contributed by atoms with E-state index in [0.717, 1.165) is 12.8 Å². The van der Waals surface area contributed by atoms with E-state index in [0.29, 0.717) is 0 Å². The summed E-state index contributed by atoms with van der Waals surface area (Å²) >= 11 is 0. The van der Waals surface area contributed by atoms with Crippen molar-refractivity contribution in [3.05, 3.63) is 28.1 Å². The van der Waals surface area contributed by atoms with Crippen molar-refractivity contribution in [1.29, 1.82) is 0 Å². The highest BCUT2D eigenvalue weighted by molar-refractivity contribution is 5.95. The van der Waals surface area contributed by atoms with Gasteiger partial charge in [-0.05, 0) is 12.8 Å². The maximum absolute atomic E-state index is 11.0. The minimum absolute atomic E-state index is 0.00169. The Bertz CT molecular complexity index is 456. The largest absolute Gasteiger partial charge is 0.483 e. The zero-order chi connectivity index (χ0) is 11.7. The summed E-state index contributed by atoms with van der Waals surface area (Å²) in [6.45, 7) is 0. The molecule has 0 aromatic carbocycles. The predicted octanol–water partition coefficient (Wildman–Crippen LogP) is 0.630. The smallest absolute Gasteiger partial charge is 0.342 e. The van der Waals surface area contributed by atoms with Gasteiger partial charge in [-0.3, -0.25) is 14.9 Å². The molecular formula is C9H9N3O4. The van der Waals surface area contributed by atoms with Crippen LogP contribution in [0.3, 0.4) is 0 Å². The maximum atomic E-state index is 11.0. The quantitative estimate of drug-likeness (QED) is 0.594. The molecule has 1 aliphatic rings. The lowest BCUT2D eigenvalue weighted by molar-refractivity contribution is -0.386. The first kappa shape index (κ1) is 10.3. The van der Waals surface area contributed by atoms with Crippen molar-refractivity contribution in [3.8, 4) is 5.75 Å². The average molecular weight is 223 g/mol. The van der Waals surface area contributed by atoms with Crippen molar-refractivity contribution in [3.63, 3.8) is 0 Å². The van der Waals surface area contributed by atoms with Crippen LogP contribution in [0.2, 0.25) is 0 Å². The van der Waals surface area contributed by atoms with Crippen LogP contribution in [0, 0.1) is 10.1 Å². The molecule has 1 heterocycles. The molecule has 0 saturated heterocycles. The number of carbonyl (C=O) groups excluding carboxylic acids is 1. The number of nitrogens with zero attached hydrogens (tertiary/aromatic N) is 2. The highest BCUT2D eigenvalue weighted by atomic mass is 16.6. The Kier molecular flexibility index (Phi) is 2.43. The van der Waals surface area contributed by atoms with Gasteiger partial charge in [0.05, 0.1) is 11.0 Å². The van der Waals surface area contributed by atoms with E-state index >= 15 is 0 Å². The Balaban J connectivity index is 2.45. The SMILES string of the molecule is NC(=O)c1nccc(OC2CC2)c1[N+](=O)[O-]. The van der Waals surface area contributed by atoms with E-state index in [4.69, 9.17) is 10.5 Å². The summed E-state index contributed by atoms with van der Waals surface area (Å²) in [5, 5.41) is 10.8. The number of pyridine rings is 1. The zero-order valence-corrected chi connectivity index (χ0v) is 8.25. The molecule has 0 spiro atoms. The van der Waals surface area contributed by atoms with E-state index in [1.54, 1.807) is 0 Å². The molecule has 1 aliphatic carbocycles. The van der Waals surface area contributed by atoms with E-state index in [9.17, 15) is 14.9 Å². The van der Waals surface area contributed by atoms with Gasteiger partial charge in [-0.2, -0.15) is 0 Å². The standard InChI is InChI=1S/C9H9N3O4/c10-9(13)7-8(12(14)15)6(3-4-11-7)16-5-1-2-5/h3-5H,1-2H2,(H2,10,13). The van der Waals surface area contributed by atoms with Crippen LogP contribution in [-0.4, -0.2) is 21.9 Å². The van der Waals surface area contributed by atoms with Crippen molar-refractivity contribution < 1.29 is 14.5 Å². The lowest BCUT2D eigenvalue weighted by Crippen LogP contribution is -2.16. The number of amides is 1. The third kappa shape index (κ3) is 1.92. The Morgan fingerprint density at radius 2 is 2.31 bits per heavy atom. The van der Waals surface area contributed by atoms with Gasteiger partial charge in [0.2, 0.25) is 11.4 Å². The zero-order valence-electron chi connectivity index (χ0n) is 8.25. The van der Waals surface area contributed by atoms with Crippen LogP contribution in [0.15, 0.2) is 12.3 Å². The number of hydrogen-bond donors (Lipinski definition) is 1. The molecule has 2 rings (SSSR count). The van der Waals surface area contributed by atoms with Gasteiger partial charge in [-0.1, -0.05) is 0 Å². The molecule has 0 atom stereocenters. The summed E-state index contributed by atoms with van der Waals surface area (Å²) in [4.78, 5) is 24.7. The molecule has 1 saturated carbocycles. The van der Waals surface area contributed by atoms with Crippen molar-refractivity contribution in [2.75, 3.05) is 0 Å². The normalized spacial score (nSPS) is 14.5. The first-order valence-electron chi connectivity index (χ1n) is 4.69. The Morgan fingerprint density at radius 1 is 1.62 bits per heavy atom. The topological polar surface area (TPSA) is 108 Å². The number of hydrogen-bond acceptors (Lipinski definition) is 5. The fourth-order valence-corrected chi connectivity index (χ4v) is 1.25. The van der Waals surface area contributed by atoms with Gasteiger partial charge < -0.3 is 10.5 Å². The van der Waals surface area contributed by atoms with E-state index in [2.05, 4.69) is 4.98 Å². The van der Waals surface area contributed by atoms with Crippen LogP contribution in [-0.2, 0) is 0 Å². The minimum atomic E-state index is -0.937. The minimum Gasteiger partial charge on any atom is -0.483 e. The predicted molar refractivity (Wildman–Crippen MR) is 53.1 cm³/mol. The molecule has 0 unspecified atom stereocenters. The lowest BCUT2D eigenvalue weighted by Gasteiger charge is -2.06. The molecule has 1 amide bonds. The molecule has 0 bridgehead atoms.